The summed E-state index contributed by atoms with van der Waals surface area (Å²) in [7, 11) is 0. The third-order valence-electron chi connectivity index (χ3n) is 3.04. The van der Waals surface area contributed by atoms with Gasteiger partial charge in [-0.3, -0.25) is 0 Å². The van der Waals surface area contributed by atoms with E-state index in [4.69, 9.17) is 14.2 Å². The normalized spacial score (nSPS) is 25.2. The molecule has 1 saturated heterocycles. The molecule has 0 bridgehead atoms. The number of hydrogen-bond donors (Lipinski definition) is 0. The molecule has 4 nitrogen and oxygen atoms in total. The molecule has 0 spiro atoms. The molecule has 19 heavy (non-hydrogen) atoms. The zero-order valence-electron chi connectivity index (χ0n) is 11.8. The Morgan fingerprint density at radius 1 is 1.37 bits per heavy atom. The van der Waals surface area contributed by atoms with Crippen LogP contribution in [0, 0.1) is 0 Å². The number of rotatable bonds is 5. The second-order valence-electron chi connectivity index (χ2n) is 5.06. The fraction of sp³-hybridized carbons (Fsp3) is 0.533. The molecule has 2 atom stereocenters. The summed E-state index contributed by atoms with van der Waals surface area (Å²) in [6.07, 6.45) is -0.0764. The molecule has 104 valence electrons. The fourth-order valence-electron chi connectivity index (χ4n) is 2.02. The van der Waals surface area contributed by atoms with Crippen LogP contribution in [0.5, 0.6) is 5.75 Å². The molecule has 1 aliphatic rings. The van der Waals surface area contributed by atoms with Crippen molar-refractivity contribution in [2.24, 2.45) is 0 Å². The molecule has 1 aliphatic heterocycles. The van der Waals surface area contributed by atoms with Crippen molar-refractivity contribution < 1.29 is 19.0 Å². The van der Waals surface area contributed by atoms with Gasteiger partial charge in [0.1, 0.15) is 11.9 Å². The summed E-state index contributed by atoms with van der Waals surface area (Å²) in [6, 6.07) is 7.63. The first kappa shape index (κ1) is 13.9. The van der Waals surface area contributed by atoms with Gasteiger partial charge in [-0.25, -0.2) is 4.79 Å². The van der Waals surface area contributed by atoms with Crippen molar-refractivity contribution in [1.82, 2.24) is 0 Å². The lowest BCUT2D eigenvalue weighted by Gasteiger charge is -2.10. The predicted octanol–water partition coefficient (Wildman–Crippen LogP) is 2.87. The van der Waals surface area contributed by atoms with Crippen molar-refractivity contribution in [1.29, 1.82) is 0 Å². The van der Waals surface area contributed by atoms with Gasteiger partial charge >= 0.3 is 5.97 Å². The smallest absolute Gasteiger partial charge is 0.341 e. The molecule has 1 aromatic rings. The Labute approximate surface area is 113 Å². The SMILES string of the molecule is CCOC(=O)[C@]1(C)O[C@H]1c1ccc(OC(C)C)cc1. The zero-order valence-corrected chi connectivity index (χ0v) is 11.8. The van der Waals surface area contributed by atoms with E-state index < -0.39 is 5.60 Å². The number of carbonyl (C=O) groups is 1. The maximum atomic E-state index is 11.8. The van der Waals surface area contributed by atoms with E-state index in [2.05, 4.69) is 0 Å². The van der Waals surface area contributed by atoms with E-state index in [-0.39, 0.29) is 18.2 Å². The van der Waals surface area contributed by atoms with E-state index in [0.29, 0.717) is 6.61 Å². The lowest BCUT2D eigenvalue weighted by Crippen LogP contribution is -2.24. The fourth-order valence-corrected chi connectivity index (χ4v) is 2.02. The van der Waals surface area contributed by atoms with Crippen LogP contribution >= 0.6 is 0 Å². The van der Waals surface area contributed by atoms with Gasteiger partial charge in [0.15, 0.2) is 5.60 Å². The van der Waals surface area contributed by atoms with Crippen molar-refractivity contribution in [3.63, 3.8) is 0 Å². The van der Waals surface area contributed by atoms with Crippen LogP contribution in [0.2, 0.25) is 0 Å². The Bertz CT molecular complexity index is 452. The molecular weight excluding hydrogens is 244 g/mol. The molecule has 4 heteroatoms. The van der Waals surface area contributed by atoms with Crippen LogP contribution in [0.1, 0.15) is 39.4 Å². The molecule has 0 unspecified atom stereocenters. The number of hydrogen-bond acceptors (Lipinski definition) is 4. The highest BCUT2D eigenvalue weighted by atomic mass is 16.7. The monoisotopic (exact) mass is 264 g/mol. The minimum atomic E-state index is -0.837. The van der Waals surface area contributed by atoms with Gasteiger partial charge in [-0.15, -0.1) is 0 Å². The van der Waals surface area contributed by atoms with Crippen LogP contribution < -0.4 is 4.74 Å². The summed E-state index contributed by atoms with van der Waals surface area (Å²) >= 11 is 0. The topological polar surface area (TPSA) is 48.1 Å². The summed E-state index contributed by atoms with van der Waals surface area (Å²) < 4.78 is 16.1. The maximum Gasteiger partial charge on any atom is 0.341 e. The third-order valence-corrected chi connectivity index (χ3v) is 3.04. The average molecular weight is 264 g/mol. The molecule has 2 rings (SSSR count). The quantitative estimate of drug-likeness (QED) is 0.606. The van der Waals surface area contributed by atoms with E-state index >= 15 is 0 Å². The summed E-state index contributed by atoms with van der Waals surface area (Å²) in [5, 5.41) is 0. The van der Waals surface area contributed by atoms with E-state index in [9.17, 15) is 4.79 Å². The van der Waals surface area contributed by atoms with E-state index in [1.165, 1.54) is 0 Å². The van der Waals surface area contributed by atoms with Gasteiger partial charge in [0.25, 0.3) is 0 Å². The Kier molecular flexibility index (Phi) is 3.80. The largest absolute Gasteiger partial charge is 0.491 e. The number of carbonyl (C=O) groups excluding carboxylic acids is 1. The maximum absolute atomic E-state index is 11.8. The van der Waals surface area contributed by atoms with Gasteiger partial charge in [0.05, 0.1) is 12.7 Å². The second kappa shape index (κ2) is 5.21. The summed E-state index contributed by atoms with van der Waals surface area (Å²) in [4.78, 5) is 11.8. The Morgan fingerprint density at radius 3 is 2.53 bits per heavy atom. The first-order valence-electron chi connectivity index (χ1n) is 6.59. The molecule has 1 aromatic carbocycles. The molecule has 1 fully saturated rings. The summed E-state index contributed by atoms with van der Waals surface area (Å²) in [5.41, 5.74) is 0.128. The van der Waals surface area contributed by atoms with E-state index in [1.807, 2.05) is 38.1 Å². The number of ether oxygens (including phenoxy) is 3. The molecule has 0 radical (unpaired) electrons. The van der Waals surface area contributed by atoms with Crippen molar-refractivity contribution in [3.05, 3.63) is 29.8 Å². The van der Waals surface area contributed by atoms with E-state index in [0.717, 1.165) is 11.3 Å². The highest BCUT2D eigenvalue weighted by molar-refractivity contribution is 5.83. The predicted molar refractivity (Wildman–Crippen MR) is 71.1 cm³/mol. The average Bonchev–Trinajstić information content (AvgIpc) is 3.04. The third kappa shape index (κ3) is 2.89. The highest BCUT2D eigenvalue weighted by Gasteiger charge is 2.60. The Balaban J connectivity index is 2.03. The van der Waals surface area contributed by atoms with Crippen LogP contribution in [-0.4, -0.2) is 24.3 Å². The molecule has 0 aromatic heterocycles. The number of epoxide rings is 1. The van der Waals surface area contributed by atoms with Gasteiger partial charge < -0.3 is 14.2 Å². The molecule has 0 aliphatic carbocycles. The van der Waals surface area contributed by atoms with Crippen LogP contribution in [0.15, 0.2) is 24.3 Å². The first-order chi connectivity index (χ1) is 8.97. The van der Waals surface area contributed by atoms with Gasteiger partial charge in [0.2, 0.25) is 0 Å². The molecule has 0 amide bonds. The van der Waals surface area contributed by atoms with Gasteiger partial charge in [-0.05, 0) is 45.4 Å². The Morgan fingerprint density at radius 2 is 2.00 bits per heavy atom. The van der Waals surface area contributed by atoms with Crippen LogP contribution in [0.25, 0.3) is 0 Å². The van der Waals surface area contributed by atoms with E-state index in [1.54, 1.807) is 13.8 Å². The lowest BCUT2D eigenvalue weighted by molar-refractivity contribution is -0.148. The van der Waals surface area contributed by atoms with Gasteiger partial charge in [-0.2, -0.15) is 0 Å². The Hall–Kier alpha value is -1.55. The van der Waals surface area contributed by atoms with Gasteiger partial charge in [0, 0.05) is 0 Å². The second-order valence-corrected chi connectivity index (χ2v) is 5.06. The van der Waals surface area contributed by atoms with Crippen molar-refractivity contribution in [3.8, 4) is 5.75 Å². The van der Waals surface area contributed by atoms with Crippen molar-refractivity contribution in [2.75, 3.05) is 6.61 Å². The van der Waals surface area contributed by atoms with Crippen LogP contribution in [-0.2, 0) is 14.3 Å². The minimum Gasteiger partial charge on any atom is -0.491 e. The number of benzene rings is 1. The van der Waals surface area contributed by atoms with Crippen LogP contribution in [0.3, 0.4) is 0 Å². The molecule has 0 saturated carbocycles. The molecule has 1 heterocycles. The first-order valence-corrected chi connectivity index (χ1v) is 6.59. The standard InChI is InChI=1S/C15H20O4/c1-5-17-14(16)15(4)13(19-15)11-6-8-12(9-7-11)18-10(2)3/h6-10,13H,5H2,1-4H3/t13-,15+/m0/s1. The highest BCUT2D eigenvalue weighted by Crippen LogP contribution is 2.50. The lowest BCUT2D eigenvalue weighted by atomic mass is 10.0. The molecule has 0 N–H and O–H groups in total. The zero-order chi connectivity index (χ0) is 14.0. The summed E-state index contributed by atoms with van der Waals surface area (Å²) in [6.45, 7) is 7.88. The van der Waals surface area contributed by atoms with Crippen LogP contribution in [0.4, 0.5) is 0 Å². The summed E-state index contributed by atoms with van der Waals surface area (Å²) in [5.74, 6) is 0.514. The van der Waals surface area contributed by atoms with Crippen molar-refractivity contribution >= 4 is 5.97 Å². The van der Waals surface area contributed by atoms with Gasteiger partial charge in [-0.1, -0.05) is 12.1 Å². The van der Waals surface area contributed by atoms with Crippen molar-refractivity contribution in [2.45, 2.75) is 45.5 Å². The number of esters is 1. The molecular formula is C15H20O4. The minimum absolute atomic E-state index is 0.146.